The number of aliphatic hydroxyl groups is 13. The van der Waals surface area contributed by atoms with Crippen LogP contribution in [0.15, 0.2) is 0 Å². The van der Waals surface area contributed by atoms with Gasteiger partial charge in [-0.15, -0.1) is 0 Å². The molecule has 1 atom stereocenters. The standard InChI is InChI=1S/C14H20O18/c15-1-8(21,2-3(16)5(18)7(20)6(19)4(2)17)9(22)10(23,24)12(27,28)14(31,32)13(29,30)11(9,25)26/h15-32H,1H2. The second-order valence-electron chi connectivity index (χ2n) is 7.21. The minimum Gasteiger partial charge on any atom is -0.504 e. The molecule has 0 heterocycles. The predicted octanol–water partition coefficient (Wildman–Crippen LogP) is -8.46. The third kappa shape index (κ3) is 2.25. The Bertz CT molecular complexity index is 888. The molecule has 1 fully saturated rings. The molecule has 32 heavy (non-hydrogen) atoms. The molecule has 0 amide bonds. The van der Waals surface area contributed by atoms with Gasteiger partial charge in [0, 0.05) is 0 Å². The smallest absolute Gasteiger partial charge is 0.286 e. The van der Waals surface area contributed by atoms with Crippen LogP contribution in [0.25, 0.3) is 0 Å². The van der Waals surface area contributed by atoms with Crippen LogP contribution in [-0.4, -0.2) is 133 Å². The highest BCUT2D eigenvalue weighted by Crippen LogP contribution is 2.63. The van der Waals surface area contributed by atoms with Gasteiger partial charge >= 0.3 is 0 Å². The van der Waals surface area contributed by atoms with Crippen LogP contribution in [0.1, 0.15) is 5.56 Å². The van der Waals surface area contributed by atoms with Crippen LogP contribution in [0, 0.1) is 0 Å². The minimum absolute atomic E-state index is 1.72. The van der Waals surface area contributed by atoms with Gasteiger partial charge in [-0.25, -0.2) is 0 Å². The molecule has 1 saturated carbocycles. The molecule has 18 N–H and O–H groups in total. The molecule has 0 radical (unpaired) electrons. The van der Waals surface area contributed by atoms with Crippen molar-refractivity contribution in [3.63, 3.8) is 0 Å². The van der Waals surface area contributed by atoms with Crippen molar-refractivity contribution in [2.45, 2.75) is 40.1 Å². The van der Waals surface area contributed by atoms with Crippen molar-refractivity contribution < 1.29 is 91.9 Å². The molecule has 0 aromatic heterocycles. The Hall–Kier alpha value is -2.30. The molecule has 18 nitrogen and oxygen atoms in total. The van der Waals surface area contributed by atoms with Crippen LogP contribution >= 0.6 is 0 Å². The lowest BCUT2D eigenvalue weighted by Gasteiger charge is -2.65. The summed E-state index contributed by atoms with van der Waals surface area (Å²) in [7, 11) is 0. The molecule has 18 heteroatoms. The predicted molar refractivity (Wildman–Crippen MR) is 86.5 cm³/mol. The van der Waals surface area contributed by atoms with Crippen molar-refractivity contribution >= 4 is 0 Å². The first-order valence-electron chi connectivity index (χ1n) is 7.97. The monoisotopic (exact) mass is 476 g/mol. The van der Waals surface area contributed by atoms with E-state index >= 15 is 0 Å². The zero-order valence-electron chi connectivity index (χ0n) is 15.3. The first-order valence-corrected chi connectivity index (χ1v) is 7.97. The van der Waals surface area contributed by atoms with E-state index in [1.54, 1.807) is 0 Å². The molecule has 0 saturated heterocycles. The maximum Gasteiger partial charge on any atom is 0.286 e. The molecule has 2 rings (SSSR count). The van der Waals surface area contributed by atoms with Crippen molar-refractivity contribution in [1.29, 1.82) is 0 Å². The molecule has 0 bridgehead atoms. The van der Waals surface area contributed by atoms with E-state index < -0.39 is 81.1 Å². The van der Waals surface area contributed by atoms with E-state index in [2.05, 4.69) is 0 Å². The van der Waals surface area contributed by atoms with Gasteiger partial charge in [-0.05, 0) is 0 Å². The number of hydrogen-bond acceptors (Lipinski definition) is 18. The summed E-state index contributed by atoms with van der Waals surface area (Å²) in [5.74, 6) is -36.2. The van der Waals surface area contributed by atoms with Crippen LogP contribution in [0.5, 0.6) is 28.7 Å². The van der Waals surface area contributed by atoms with Gasteiger partial charge in [0.15, 0.2) is 17.1 Å². The Morgan fingerprint density at radius 3 is 1.00 bits per heavy atom. The average molecular weight is 476 g/mol. The molecule has 184 valence electrons. The van der Waals surface area contributed by atoms with Gasteiger partial charge in [0.05, 0.1) is 12.2 Å². The molecular formula is C14H20O18. The maximum absolute atomic E-state index is 10.8. The molecule has 1 unspecified atom stereocenters. The summed E-state index contributed by atoms with van der Waals surface area (Å²) in [4.78, 5) is 0. The highest BCUT2D eigenvalue weighted by atomic mass is 16.7. The van der Waals surface area contributed by atoms with Crippen molar-refractivity contribution in [2.75, 3.05) is 6.61 Å². The number of phenolic OH excluding ortho intramolecular Hbond substituents is 5. The SMILES string of the molecule is OCC(O)(c1c(O)c(O)c(O)c(O)c1O)C1(O)C(O)(O)C(O)(O)C(O)(O)C(O)(O)C1(O)O. The first-order chi connectivity index (χ1) is 14.0. The van der Waals surface area contributed by atoms with Crippen LogP contribution in [0.4, 0.5) is 0 Å². The molecule has 1 aliphatic rings. The molecule has 1 aromatic rings. The normalized spacial score (nSPS) is 26.3. The van der Waals surface area contributed by atoms with Gasteiger partial charge in [0.25, 0.3) is 28.9 Å². The molecular weight excluding hydrogens is 456 g/mol. The van der Waals surface area contributed by atoms with Gasteiger partial charge < -0.3 is 91.9 Å². The average Bonchev–Trinajstić information content (AvgIpc) is 2.68. The number of rotatable bonds is 3. The Morgan fingerprint density at radius 2 is 0.719 bits per heavy atom. The summed E-state index contributed by atoms with van der Waals surface area (Å²) in [6.45, 7) is -2.42. The molecule has 1 aromatic carbocycles. The van der Waals surface area contributed by atoms with E-state index in [0.717, 1.165) is 0 Å². The zero-order valence-corrected chi connectivity index (χ0v) is 15.3. The van der Waals surface area contributed by atoms with Crippen molar-refractivity contribution in [1.82, 2.24) is 0 Å². The van der Waals surface area contributed by atoms with Gasteiger partial charge in [0.1, 0.15) is 0 Å². The van der Waals surface area contributed by atoms with Crippen molar-refractivity contribution in [2.24, 2.45) is 0 Å². The van der Waals surface area contributed by atoms with E-state index in [1.807, 2.05) is 0 Å². The Balaban J connectivity index is 3.16. The number of aromatic hydroxyl groups is 5. The van der Waals surface area contributed by atoms with E-state index in [-0.39, 0.29) is 0 Å². The number of phenols is 5. The largest absolute Gasteiger partial charge is 0.504 e. The third-order valence-corrected chi connectivity index (χ3v) is 5.57. The maximum atomic E-state index is 10.8. The van der Waals surface area contributed by atoms with Crippen LogP contribution < -0.4 is 0 Å². The second-order valence-corrected chi connectivity index (χ2v) is 7.21. The molecule has 1 aliphatic carbocycles. The third-order valence-electron chi connectivity index (χ3n) is 5.57. The van der Waals surface area contributed by atoms with Gasteiger partial charge in [-0.2, -0.15) is 0 Å². The van der Waals surface area contributed by atoms with E-state index in [1.165, 1.54) is 0 Å². The molecule has 0 spiro atoms. The summed E-state index contributed by atoms with van der Waals surface area (Å²) >= 11 is 0. The van der Waals surface area contributed by atoms with E-state index in [9.17, 15) is 91.9 Å². The highest BCUT2D eigenvalue weighted by molar-refractivity contribution is 5.69. The second kappa shape index (κ2) is 6.39. The fraction of sp³-hybridized carbons (Fsp3) is 0.571. The van der Waals surface area contributed by atoms with Crippen LogP contribution in [-0.2, 0) is 5.60 Å². The molecule has 0 aliphatic heterocycles. The van der Waals surface area contributed by atoms with Gasteiger partial charge in [-0.3, -0.25) is 0 Å². The van der Waals surface area contributed by atoms with E-state index in [0.29, 0.717) is 0 Å². The lowest BCUT2D eigenvalue weighted by molar-refractivity contribution is -0.624. The Labute approximate surface area is 174 Å². The lowest BCUT2D eigenvalue weighted by atomic mass is 9.56. The fourth-order valence-corrected chi connectivity index (χ4v) is 3.50. The first kappa shape index (κ1) is 26.0. The Morgan fingerprint density at radius 1 is 0.469 bits per heavy atom. The summed E-state index contributed by atoms with van der Waals surface area (Å²) in [6, 6.07) is 0. The van der Waals surface area contributed by atoms with Crippen LogP contribution in [0.2, 0.25) is 0 Å². The topological polar surface area (TPSA) is 364 Å². The summed E-state index contributed by atoms with van der Waals surface area (Å²) < 4.78 is 0. The number of aliphatic hydroxyl groups excluding tert-OH is 1. The summed E-state index contributed by atoms with van der Waals surface area (Å²) in [5.41, 5.74) is -12.1. The van der Waals surface area contributed by atoms with Crippen molar-refractivity contribution in [3.8, 4) is 28.7 Å². The van der Waals surface area contributed by atoms with E-state index in [4.69, 9.17) is 0 Å². The van der Waals surface area contributed by atoms with Crippen LogP contribution in [0.3, 0.4) is 0 Å². The van der Waals surface area contributed by atoms with Gasteiger partial charge in [0.2, 0.25) is 22.8 Å². The fourth-order valence-electron chi connectivity index (χ4n) is 3.50. The number of benzene rings is 1. The Kier molecular flexibility index (Phi) is 5.18. The highest BCUT2D eigenvalue weighted by Gasteiger charge is 2.94. The number of hydrogen-bond donors (Lipinski definition) is 18. The lowest BCUT2D eigenvalue weighted by Crippen LogP contribution is -2.98. The quantitative estimate of drug-likeness (QED) is 0.109. The zero-order chi connectivity index (χ0) is 25.7. The summed E-state index contributed by atoms with van der Waals surface area (Å²) in [6.07, 6.45) is 0. The van der Waals surface area contributed by atoms with Crippen molar-refractivity contribution in [3.05, 3.63) is 5.56 Å². The van der Waals surface area contributed by atoms with Gasteiger partial charge in [-0.1, -0.05) is 0 Å². The summed E-state index contributed by atoms with van der Waals surface area (Å²) in [5, 5.41) is 179. The minimum atomic E-state index is -5.40.